The highest BCUT2D eigenvalue weighted by Crippen LogP contribution is 2.32. The van der Waals surface area contributed by atoms with Crippen molar-refractivity contribution in [2.24, 2.45) is 10.7 Å². The second-order valence-electron chi connectivity index (χ2n) is 6.74. The van der Waals surface area contributed by atoms with Crippen LogP contribution in [0.25, 0.3) is 22.3 Å². The smallest absolute Gasteiger partial charge is 0.247 e. The van der Waals surface area contributed by atoms with Crippen molar-refractivity contribution in [3.05, 3.63) is 93.0 Å². The van der Waals surface area contributed by atoms with Gasteiger partial charge in [0.2, 0.25) is 16.7 Å². The zero-order valence-electron chi connectivity index (χ0n) is 16.2. The van der Waals surface area contributed by atoms with Crippen LogP contribution in [-0.4, -0.2) is 10.8 Å². The Labute approximate surface area is 171 Å². The summed E-state index contributed by atoms with van der Waals surface area (Å²) >= 11 is 0. The molecule has 4 aromatic rings. The molecule has 0 aliphatic carbocycles. The van der Waals surface area contributed by atoms with Crippen molar-refractivity contribution in [1.29, 1.82) is 0 Å². The largest absolute Gasteiger partial charge is 0.481 e. The molecule has 0 spiro atoms. The molecule has 0 radical (unpaired) electrons. The predicted molar refractivity (Wildman–Crippen MR) is 116 cm³/mol. The lowest BCUT2D eigenvalue weighted by molar-refractivity contribution is 0.298. The van der Waals surface area contributed by atoms with Gasteiger partial charge < -0.3 is 19.9 Å². The molecule has 0 bridgehead atoms. The first kappa shape index (κ1) is 19.2. The summed E-state index contributed by atoms with van der Waals surface area (Å²) < 4.78 is 11.9. The van der Waals surface area contributed by atoms with Crippen molar-refractivity contribution in [1.82, 2.24) is 4.98 Å². The normalized spacial score (nSPS) is 11.6. The highest BCUT2D eigenvalue weighted by Gasteiger charge is 2.18. The van der Waals surface area contributed by atoms with Crippen LogP contribution < -0.4 is 21.5 Å². The van der Waals surface area contributed by atoms with Crippen LogP contribution in [0, 0.1) is 0 Å². The van der Waals surface area contributed by atoms with Gasteiger partial charge in [-0.1, -0.05) is 30.3 Å². The number of ether oxygens (including phenoxy) is 1. The number of aliphatic imine (C=N–C) groups is 1. The first-order valence-corrected chi connectivity index (χ1v) is 9.29. The van der Waals surface area contributed by atoms with Crippen LogP contribution in [0.2, 0.25) is 0 Å². The summed E-state index contributed by atoms with van der Waals surface area (Å²) in [5.74, 6) is 0.680. The molecule has 4 rings (SSSR count). The average Bonchev–Trinajstić information content (AvgIpc) is 2.74. The lowest BCUT2D eigenvalue weighted by atomic mass is 10.1. The van der Waals surface area contributed by atoms with E-state index in [0.29, 0.717) is 28.1 Å². The number of rotatable bonds is 5. The second-order valence-corrected chi connectivity index (χ2v) is 6.74. The van der Waals surface area contributed by atoms with Crippen molar-refractivity contribution < 1.29 is 9.15 Å². The van der Waals surface area contributed by atoms with E-state index in [0.717, 1.165) is 5.56 Å². The number of H-pyrrole nitrogens is 1. The van der Waals surface area contributed by atoms with E-state index in [1.54, 1.807) is 31.2 Å². The van der Waals surface area contributed by atoms with Gasteiger partial charge in [0.15, 0.2) is 5.76 Å². The van der Waals surface area contributed by atoms with Crippen molar-refractivity contribution >= 4 is 22.5 Å². The summed E-state index contributed by atoms with van der Waals surface area (Å²) in [6, 6.07) is 17.4. The monoisotopic (exact) mass is 401 g/mol. The van der Waals surface area contributed by atoms with Crippen LogP contribution in [0.4, 0.5) is 5.69 Å². The minimum absolute atomic E-state index is 0.0593. The van der Waals surface area contributed by atoms with Crippen LogP contribution in [0.15, 0.2) is 85.9 Å². The van der Waals surface area contributed by atoms with E-state index in [9.17, 15) is 9.59 Å². The molecule has 2 aromatic heterocycles. The molecule has 2 heterocycles. The molecule has 150 valence electrons. The Balaban J connectivity index is 1.88. The van der Waals surface area contributed by atoms with Crippen molar-refractivity contribution in [3.63, 3.8) is 0 Å². The molecule has 0 saturated heterocycles. The molecule has 0 atom stereocenters. The summed E-state index contributed by atoms with van der Waals surface area (Å²) in [4.78, 5) is 31.6. The molecule has 2 aromatic carbocycles. The number of nitrogens with two attached hydrogens (primary N) is 1. The van der Waals surface area contributed by atoms with Gasteiger partial charge in [-0.3, -0.25) is 9.59 Å². The number of nitrogens with one attached hydrogen (secondary N) is 1. The van der Waals surface area contributed by atoms with Crippen LogP contribution in [0.1, 0.15) is 12.5 Å². The van der Waals surface area contributed by atoms with Crippen molar-refractivity contribution in [3.8, 4) is 17.1 Å². The maximum absolute atomic E-state index is 13.3. The molecule has 0 aliphatic rings. The topological polar surface area (TPSA) is 111 Å². The Morgan fingerprint density at radius 2 is 1.90 bits per heavy atom. The van der Waals surface area contributed by atoms with Gasteiger partial charge in [0.05, 0.1) is 16.9 Å². The van der Waals surface area contributed by atoms with Crippen LogP contribution in [0.3, 0.4) is 0 Å². The zero-order valence-corrected chi connectivity index (χ0v) is 16.2. The van der Waals surface area contributed by atoms with Crippen LogP contribution >= 0.6 is 0 Å². The minimum Gasteiger partial charge on any atom is -0.481 e. The van der Waals surface area contributed by atoms with E-state index in [1.165, 1.54) is 12.3 Å². The number of pyridine rings is 1. The number of aromatic amines is 1. The SMILES string of the molecule is CC(N)=Nc1ccc2oc(-c3ccc(=O)[nH]c3)c(OCc3ccccc3)c(=O)c2c1. The van der Waals surface area contributed by atoms with Gasteiger partial charge in [-0.2, -0.15) is 0 Å². The second kappa shape index (κ2) is 8.08. The number of nitrogens with zero attached hydrogens (tertiary/aromatic N) is 1. The Kier molecular flexibility index (Phi) is 5.17. The Hall–Kier alpha value is -4.13. The maximum atomic E-state index is 13.3. The molecule has 30 heavy (non-hydrogen) atoms. The fourth-order valence-corrected chi connectivity index (χ4v) is 3.04. The molecule has 7 nitrogen and oxygen atoms in total. The molecule has 7 heteroatoms. The fourth-order valence-electron chi connectivity index (χ4n) is 3.04. The number of fused-ring (bicyclic) bond motifs is 1. The van der Waals surface area contributed by atoms with Crippen LogP contribution in [0.5, 0.6) is 5.75 Å². The Morgan fingerprint density at radius 3 is 2.60 bits per heavy atom. The van der Waals surface area contributed by atoms with E-state index in [2.05, 4.69) is 9.98 Å². The van der Waals surface area contributed by atoms with Crippen LogP contribution in [-0.2, 0) is 6.61 Å². The molecule has 3 N–H and O–H groups in total. The molecule has 0 amide bonds. The summed E-state index contributed by atoms with van der Waals surface area (Å²) in [5.41, 5.74) is 7.41. The van der Waals surface area contributed by atoms with Crippen molar-refractivity contribution in [2.75, 3.05) is 0 Å². The standard InChI is InChI=1S/C23H19N3O4/c1-14(24)26-17-8-9-19-18(11-17)21(28)23(29-13-15-5-3-2-4-6-15)22(30-19)16-7-10-20(27)25-12-16/h2-12H,13H2,1H3,(H2,24,26)(H,25,27). The third kappa shape index (κ3) is 4.00. The lowest BCUT2D eigenvalue weighted by Crippen LogP contribution is -2.11. The average molecular weight is 401 g/mol. The van der Waals surface area contributed by atoms with E-state index < -0.39 is 0 Å². The number of hydrogen-bond acceptors (Lipinski definition) is 5. The maximum Gasteiger partial charge on any atom is 0.247 e. The van der Waals surface area contributed by atoms with E-state index in [4.69, 9.17) is 14.9 Å². The fraction of sp³-hybridized carbons (Fsp3) is 0.0870. The highest BCUT2D eigenvalue weighted by molar-refractivity contribution is 5.86. The van der Waals surface area contributed by atoms with Gasteiger partial charge in [-0.05, 0) is 36.8 Å². The van der Waals surface area contributed by atoms with Gasteiger partial charge >= 0.3 is 0 Å². The zero-order chi connectivity index (χ0) is 21.1. The summed E-state index contributed by atoms with van der Waals surface area (Å²) in [5, 5.41) is 0.328. The van der Waals surface area contributed by atoms with Gasteiger partial charge in [0.1, 0.15) is 12.2 Å². The predicted octanol–water partition coefficient (Wildman–Crippen LogP) is 3.74. The first-order valence-electron chi connectivity index (χ1n) is 9.29. The van der Waals surface area contributed by atoms with Gasteiger partial charge in [-0.25, -0.2) is 4.99 Å². The third-order valence-electron chi connectivity index (χ3n) is 4.41. The first-order chi connectivity index (χ1) is 14.5. The van der Waals surface area contributed by atoms with Gasteiger partial charge in [0.25, 0.3) is 0 Å². The molecule has 0 unspecified atom stereocenters. The quantitative estimate of drug-likeness (QED) is 0.391. The summed E-state index contributed by atoms with van der Waals surface area (Å²) in [7, 11) is 0. The number of amidine groups is 1. The lowest BCUT2D eigenvalue weighted by Gasteiger charge is -2.12. The summed E-state index contributed by atoms with van der Waals surface area (Å²) in [6.45, 7) is 1.85. The number of aromatic nitrogens is 1. The van der Waals surface area contributed by atoms with E-state index in [-0.39, 0.29) is 29.1 Å². The van der Waals surface area contributed by atoms with E-state index in [1.807, 2.05) is 30.3 Å². The Morgan fingerprint density at radius 1 is 1.10 bits per heavy atom. The molecular weight excluding hydrogens is 382 g/mol. The highest BCUT2D eigenvalue weighted by atomic mass is 16.5. The van der Waals surface area contributed by atoms with E-state index >= 15 is 0 Å². The minimum atomic E-state index is -0.333. The molecule has 0 aliphatic heterocycles. The number of hydrogen-bond donors (Lipinski definition) is 2. The third-order valence-corrected chi connectivity index (χ3v) is 4.41. The molecule has 0 fully saturated rings. The summed E-state index contributed by atoms with van der Waals surface area (Å²) in [6.07, 6.45) is 1.48. The van der Waals surface area contributed by atoms with Gasteiger partial charge in [-0.15, -0.1) is 0 Å². The van der Waals surface area contributed by atoms with Crippen molar-refractivity contribution in [2.45, 2.75) is 13.5 Å². The Bertz CT molecular complexity index is 1330. The molecule has 0 saturated carbocycles. The molecular formula is C23H19N3O4. The van der Waals surface area contributed by atoms with Gasteiger partial charge in [0, 0.05) is 17.8 Å². The number of benzene rings is 2.